The lowest BCUT2D eigenvalue weighted by molar-refractivity contribution is 0.0240. The van der Waals surface area contributed by atoms with Gasteiger partial charge in [-0.25, -0.2) is 18.4 Å². The van der Waals surface area contributed by atoms with Crippen molar-refractivity contribution in [3.8, 4) is 0 Å². The molecule has 0 bridgehead atoms. The number of nitrogens with zero attached hydrogens (tertiary/aromatic N) is 6. The second-order valence-electron chi connectivity index (χ2n) is 8.23. The van der Waals surface area contributed by atoms with Crippen LogP contribution >= 0.6 is 0 Å². The van der Waals surface area contributed by atoms with Gasteiger partial charge in [0.05, 0.1) is 18.3 Å². The molecule has 1 unspecified atom stereocenters. The number of piperazine rings is 1. The van der Waals surface area contributed by atoms with Crippen LogP contribution < -0.4 is 9.80 Å². The predicted molar refractivity (Wildman–Crippen MR) is 108 cm³/mol. The lowest BCUT2D eigenvalue weighted by Crippen LogP contribution is -2.50. The van der Waals surface area contributed by atoms with Gasteiger partial charge in [-0.2, -0.15) is 0 Å². The summed E-state index contributed by atoms with van der Waals surface area (Å²) < 4.78 is 40.0. The van der Waals surface area contributed by atoms with E-state index in [0.29, 0.717) is 0 Å². The Hall–Kier alpha value is -3.27. The van der Waals surface area contributed by atoms with Crippen LogP contribution in [0.15, 0.2) is 17.2 Å². The first-order valence-corrected chi connectivity index (χ1v) is 9.79. The summed E-state index contributed by atoms with van der Waals surface area (Å²) in [6.07, 6.45) is -1.24. The van der Waals surface area contributed by atoms with Crippen LogP contribution in [0.5, 0.6) is 0 Å². The van der Waals surface area contributed by atoms with E-state index in [2.05, 4.69) is 10.0 Å². The fourth-order valence-corrected chi connectivity index (χ4v) is 3.47. The lowest BCUT2D eigenvalue weighted by atomic mass is 10.1. The second-order valence-corrected chi connectivity index (χ2v) is 8.23. The molecule has 31 heavy (non-hydrogen) atoms. The number of carbonyl (C=O) groups excluding carboxylic acids is 2. The van der Waals surface area contributed by atoms with Gasteiger partial charge in [-0.15, -0.1) is 0 Å². The monoisotopic (exact) mass is 438 g/mol. The van der Waals surface area contributed by atoms with Gasteiger partial charge in [-0.05, 0) is 26.3 Å². The second kappa shape index (κ2) is 8.84. The van der Waals surface area contributed by atoms with Crippen LogP contribution in [-0.2, 0) is 9.47 Å². The highest BCUT2D eigenvalue weighted by Gasteiger charge is 2.35. The standard InChI is InChI=1S/C19H24F2N6O4/c1-19(2,3)31-17(28)26-6-4-25(5-7-26)16-14(20)8-12(9-15(16)21)27-13(10-23-24-22)11-30-18(27)29/h8-9,13H,4-7,10-11H2,1-3H3. The van der Waals surface area contributed by atoms with Crippen molar-refractivity contribution in [1.82, 2.24) is 4.90 Å². The van der Waals surface area contributed by atoms with Gasteiger partial charge in [-0.1, -0.05) is 5.11 Å². The molecule has 2 aliphatic rings. The minimum Gasteiger partial charge on any atom is -0.447 e. The summed E-state index contributed by atoms with van der Waals surface area (Å²) in [6, 6.07) is 1.45. The fourth-order valence-electron chi connectivity index (χ4n) is 3.47. The molecule has 1 aromatic rings. The first-order valence-electron chi connectivity index (χ1n) is 9.79. The largest absolute Gasteiger partial charge is 0.447 e. The Bertz CT molecular complexity index is 884. The average molecular weight is 438 g/mol. The Kier molecular flexibility index (Phi) is 6.40. The summed E-state index contributed by atoms with van der Waals surface area (Å²) in [7, 11) is 0. The van der Waals surface area contributed by atoms with E-state index in [0.717, 1.165) is 17.0 Å². The summed E-state index contributed by atoms with van der Waals surface area (Å²) in [4.78, 5) is 30.9. The molecule has 2 amide bonds. The summed E-state index contributed by atoms with van der Waals surface area (Å²) in [5.41, 5.74) is 7.60. The van der Waals surface area contributed by atoms with Gasteiger partial charge in [0.2, 0.25) is 0 Å². The first-order chi connectivity index (χ1) is 14.6. The van der Waals surface area contributed by atoms with Crippen molar-refractivity contribution >= 4 is 23.6 Å². The molecule has 0 N–H and O–H groups in total. The number of anilines is 2. The molecule has 2 fully saturated rings. The molecule has 10 nitrogen and oxygen atoms in total. The number of halogens is 2. The van der Waals surface area contributed by atoms with Gasteiger partial charge in [0, 0.05) is 43.2 Å². The summed E-state index contributed by atoms with van der Waals surface area (Å²) in [5.74, 6) is -1.69. The quantitative estimate of drug-likeness (QED) is 0.405. The minimum absolute atomic E-state index is 0.0215. The van der Waals surface area contributed by atoms with Crippen LogP contribution in [0.4, 0.5) is 29.7 Å². The number of ether oxygens (including phenoxy) is 2. The van der Waals surface area contributed by atoms with Crippen LogP contribution in [0.25, 0.3) is 10.4 Å². The van der Waals surface area contributed by atoms with E-state index >= 15 is 0 Å². The molecule has 2 saturated heterocycles. The molecule has 0 spiro atoms. The Balaban J connectivity index is 1.74. The predicted octanol–water partition coefficient (Wildman–Crippen LogP) is 3.66. The Labute approximate surface area is 177 Å². The molecule has 2 heterocycles. The van der Waals surface area contributed by atoms with Gasteiger partial charge in [0.15, 0.2) is 11.6 Å². The molecule has 1 aromatic carbocycles. The number of carbonyl (C=O) groups is 2. The van der Waals surface area contributed by atoms with E-state index in [-0.39, 0.29) is 50.7 Å². The molecule has 0 aliphatic carbocycles. The van der Waals surface area contributed by atoms with Crippen molar-refractivity contribution in [2.45, 2.75) is 32.4 Å². The topological polar surface area (TPSA) is 111 Å². The number of rotatable bonds is 4. The van der Waals surface area contributed by atoms with Crippen molar-refractivity contribution in [3.63, 3.8) is 0 Å². The van der Waals surface area contributed by atoms with E-state index in [1.165, 1.54) is 9.80 Å². The molecule has 12 heteroatoms. The van der Waals surface area contributed by atoms with Crippen LogP contribution in [0, 0.1) is 11.6 Å². The zero-order valence-corrected chi connectivity index (χ0v) is 17.5. The molecule has 0 saturated carbocycles. The fraction of sp³-hybridized carbons (Fsp3) is 0.579. The number of hydrogen-bond acceptors (Lipinski definition) is 6. The van der Waals surface area contributed by atoms with E-state index in [4.69, 9.17) is 15.0 Å². The van der Waals surface area contributed by atoms with Crippen LogP contribution in [0.3, 0.4) is 0 Å². The molecule has 0 aromatic heterocycles. The smallest absolute Gasteiger partial charge is 0.414 e. The van der Waals surface area contributed by atoms with Crippen molar-refractivity contribution in [1.29, 1.82) is 0 Å². The molecule has 1 atom stereocenters. The number of azide groups is 1. The van der Waals surface area contributed by atoms with E-state index in [1.807, 2.05) is 0 Å². The van der Waals surface area contributed by atoms with Crippen molar-refractivity contribution in [2.75, 3.05) is 49.1 Å². The maximum absolute atomic E-state index is 14.9. The highest BCUT2D eigenvalue weighted by atomic mass is 19.1. The SMILES string of the molecule is CC(C)(C)OC(=O)N1CCN(c2c(F)cc(N3C(=O)OCC3CN=[N+]=[N-])cc2F)CC1. The Morgan fingerprint density at radius 1 is 1.26 bits per heavy atom. The zero-order chi connectivity index (χ0) is 22.8. The number of amides is 2. The highest BCUT2D eigenvalue weighted by molar-refractivity contribution is 5.90. The van der Waals surface area contributed by atoms with Crippen molar-refractivity contribution < 1.29 is 27.8 Å². The van der Waals surface area contributed by atoms with E-state index in [9.17, 15) is 18.4 Å². The van der Waals surface area contributed by atoms with Crippen LogP contribution in [0.1, 0.15) is 20.8 Å². The van der Waals surface area contributed by atoms with Gasteiger partial charge in [0.1, 0.15) is 17.9 Å². The van der Waals surface area contributed by atoms with Crippen LogP contribution in [0.2, 0.25) is 0 Å². The zero-order valence-electron chi connectivity index (χ0n) is 17.5. The van der Waals surface area contributed by atoms with Gasteiger partial charge in [-0.3, -0.25) is 4.90 Å². The average Bonchev–Trinajstić information content (AvgIpc) is 3.05. The van der Waals surface area contributed by atoms with Gasteiger partial charge >= 0.3 is 12.2 Å². The molecular formula is C19H24F2N6O4. The third-order valence-electron chi connectivity index (χ3n) is 4.84. The molecule has 168 valence electrons. The summed E-state index contributed by atoms with van der Waals surface area (Å²) >= 11 is 0. The number of benzene rings is 1. The lowest BCUT2D eigenvalue weighted by Gasteiger charge is -2.37. The molecule has 3 rings (SSSR count). The normalized spacial score (nSPS) is 19.2. The Morgan fingerprint density at radius 3 is 2.42 bits per heavy atom. The minimum atomic E-state index is -0.844. The number of cyclic esters (lactones) is 1. The van der Waals surface area contributed by atoms with E-state index < -0.39 is 35.5 Å². The first kappa shape index (κ1) is 22.4. The maximum Gasteiger partial charge on any atom is 0.414 e. The van der Waals surface area contributed by atoms with Gasteiger partial charge in [0.25, 0.3) is 0 Å². The van der Waals surface area contributed by atoms with Crippen molar-refractivity contribution in [2.24, 2.45) is 5.11 Å². The summed E-state index contributed by atoms with van der Waals surface area (Å²) in [6.45, 7) is 6.11. The Morgan fingerprint density at radius 2 is 1.87 bits per heavy atom. The van der Waals surface area contributed by atoms with Crippen molar-refractivity contribution in [3.05, 3.63) is 34.2 Å². The third-order valence-corrected chi connectivity index (χ3v) is 4.84. The highest BCUT2D eigenvalue weighted by Crippen LogP contribution is 2.32. The molecule has 0 radical (unpaired) electrons. The van der Waals surface area contributed by atoms with E-state index in [1.54, 1.807) is 20.8 Å². The van der Waals surface area contributed by atoms with Gasteiger partial charge < -0.3 is 19.3 Å². The third kappa shape index (κ3) is 5.08. The molecular weight excluding hydrogens is 414 g/mol. The van der Waals surface area contributed by atoms with Crippen LogP contribution in [-0.4, -0.2) is 68.1 Å². The maximum atomic E-state index is 14.9. The number of hydrogen-bond donors (Lipinski definition) is 0. The molecule has 2 aliphatic heterocycles. The summed E-state index contributed by atoms with van der Waals surface area (Å²) in [5, 5.41) is 3.41.